The topological polar surface area (TPSA) is 122 Å². The molecule has 1 aromatic carbocycles. The Morgan fingerprint density at radius 2 is 1.96 bits per heavy atom. The predicted octanol–water partition coefficient (Wildman–Crippen LogP) is 0.551. The monoisotopic (exact) mass is 386 g/mol. The van der Waals surface area contributed by atoms with Crippen LogP contribution in [0, 0.1) is 5.92 Å². The molecule has 8 nitrogen and oxygen atoms in total. The second-order valence-electron chi connectivity index (χ2n) is 7.81. The molecule has 0 aliphatic carbocycles. The lowest BCUT2D eigenvalue weighted by Crippen LogP contribution is -2.54. The lowest BCUT2D eigenvalue weighted by molar-refractivity contribution is -0.136. The molecular formula is C20H26N4O4. The number of nitrogens with two attached hydrogens (primary N) is 1. The highest BCUT2D eigenvalue weighted by Gasteiger charge is 2.45. The van der Waals surface area contributed by atoms with Crippen LogP contribution in [0.2, 0.25) is 0 Å². The second kappa shape index (κ2) is 8.20. The zero-order chi connectivity index (χ0) is 20.4. The summed E-state index contributed by atoms with van der Waals surface area (Å²) in [5.74, 6) is -1.48. The molecular weight excluding hydrogens is 360 g/mol. The maximum atomic E-state index is 13.0. The summed E-state index contributed by atoms with van der Waals surface area (Å²) in [5, 5.41) is 5.45. The fourth-order valence-electron chi connectivity index (χ4n) is 3.81. The van der Waals surface area contributed by atoms with E-state index in [4.69, 9.17) is 5.73 Å². The Morgan fingerprint density at radius 3 is 2.64 bits per heavy atom. The first-order valence-corrected chi connectivity index (χ1v) is 9.59. The Balaban J connectivity index is 1.75. The van der Waals surface area contributed by atoms with Gasteiger partial charge in [-0.15, -0.1) is 0 Å². The second-order valence-corrected chi connectivity index (χ2v) is 7.81. The van der Waals surface area contributed by atoms with Crippen molar-refractivity contribution in [1.29, 1.82) is 0 Å². The number of benzene rings is 1. The minimum atomic E-state index is -0.953. The number of rotatable bonds is 7. The third kappa shape index (κ3) is 3.98. The van der Waals surface area contributed by atoms with Crippen molar-refractivity contribution < 1.29 is 19.2 Å². The van der Waals surface area contributed by atoms with E-state index in [9.17, 15) is 19.2 Å². The fraction of sp³-hybridized carbons (Fsp3) is 0.500. The minimum absolute atomic E-state index is 0.00839. The van der Waals surface area contributed by atoms with Crippen molar-refractivity contribution in [2.45, 2.75) is 51.7 Å². The molecule has 0 saturated carbocycles. The van der Waals surface area contributed by atoms with Crippen molar-refractivity contribution in [3.8, 4) is 0 Å². The standard InChI is InChI=1S/C20H26N4O4/c1-11(2)8-13(21)10-22-9-12-4-3-5-14-17(12)20(28)24(19(14)27)15-6-7-16(25)23-18(15)26/h3-5,11,13,15,22H,6-10,21H2,1-2H3,(H,23,25,26)/t13-,15?/m0/s1. The van der Waals surface area contributed by atoms with Gasteiger partial charge in [-0.2, -0.15) is 0 Å². The highest BCUT2D eigenvalue weighted by molar-refractivity contribution is 6.24. The van der Waals surface area contributed by atoms with Gasteiger partial charge < -0.3 is 11.1 Å². The van der Waals surface area contributed by atoms with Gasteiger partial charge in [-0.3, -0.25) is 29.4 Å². The van der Waals surface area contributed by atoms with Crippen LogP contribution >= 0.6 is 0 Å². The molecule has 28 heavy (non-hydrogen) atoms. The molecule has 0 aromatic heterocycles. The molecule has 1 saturated heterocycles. The van der Waals surface area contributed by atoms with Gasteiger partial charge in [0.15, 0.2) is 0 Å². The average molecular weight is 386 g/mol. The lowest BCUT2D eigenvalue weighted by Gasteiger charge is -2.27. The Morgan fingerprint density at radius 1 is 1.21 bits per heavy atom. The van der Waals surface area contributed by atoms with Crippen LogP contribution < -0.4 is 16.4 Å². The first kappa shape index (κ1) is 20.2. The van der Waals surface area contributed by atoms with E-state index in [1.54, 1.807) is 18.2 Å². The van der Waals surface area contributed by atoms with E-state index < -0.39 is 23.8 Å². The van der Waals surface area contributed by atoms with Gasteiger partial charge in [0, 0.05) is 25.6 Å². The molecule has 2 atom stereocenters. The van der Waals surface area contributed by atoms with Gasteiger partial charge in [-0.25, -0.2) is 0 Å². The molecule has 0 bridgehead atoms. The Hall–Kier alpha value is -2.58. The van der Waals surface area contributed by atoms with Crippen LogP contribution in [0.4, 0.5) is 0 Å². The zero-order valence-electron chi connectivity index (χ0n) is 16.2. The molecule has 0 spiro atoms. The van der Waals surface area contributed by atoms with Crippen molar-refractivity contribution in [2.75, 3.05) is 6.54 Å². The average Bonchev–Trinajstić information content (AvgIpc) is 2.87. The van der Waals surface area contributed by atoms with E-state index in [1.165, 1.54) is 0 Å². The maximum absolute atomic E-state index is 13.0. The molecule has 1 unspecified atom stereocenters. The van der Waals surface area contributed by atoms with Crippen LogP contribution in [0.25, 0.3) is 0 Å². The number of nitrogens with zero attached hydrogens (tertiary/aromatic N) is 1. The summed E-state index contributed by atoms with van der Waals surface area (Å²) in [6.07, 6.45) is 1.14. The lowest BCUT2D eigenvalue weighted by atomic mass is 10.0. The zero-order valence-corrected chi connectivity index (χ0v) is 16.2. The van der Waals surface area contributed by atoms with Gasteiger partial charge in [0.25, 0.3) is 11.8 Å². The van der Waals surface area contributed by atoms with Crippen LogP contribution in [0.3, 0.4) is 0 Å². The molecule has 2 aliphatic rings. The van der Waals surface area contributed by atoms with Gasteiger partial charge in [-0.1, -0.05) is 26.0 Å². The molecule has 4 N–H and O–H groups in total. The Labute approximate surface area is 163 Å². The molecule has 0 radical (unpaired) electrons. The predicted molar refractivity (Wildman–Crippen MR) is 102 cm³/mol. The Kier molecular flexibility index (Phi) is 5.90. The Bertz CT molecular complexity index is 820. The van der Waals surface area contributed by atoms with E-state index in [2.05, 4.69) is 24.5 Å². The molecule has 3 rings (SSSR count). The first-order chi connectivity index (χ1) is 13.3. The summed E-state index contributed by atoms with van der Waals surface area (Å²) in [6.45, 7) is 5.22. The minimum Gasteiger partial charge on any atom is -0.327 e. The van der Waals surface area contributed by atoms with Gasteiger partial charge in [0.05, 0.1) is 11.1 Å². The van der Waals surface area contributed by atoms with E-state index in [0.717, 1.165) is 11.3 Å². The van der Waals surface area contributed by atoms with Crippen molar-refractivity contribution in [3.63, 3.8) is 0 Å². The summed E-state index contributed by atoms with van der Waals surface area (Å²) in [7, 11) is 0. The first-order valence-electron chi connectivity index (χ1n) is 9.59. The van der Waals surface area contributed by atoms with Crippen molar-refractivity contribution in [2.24, 2.45) is 11.7 Å². The third-order valence-corrected chi connectivity index (χ3v) is 5.05. The van der Waals surface area contributed by atoms with Crippen LogP contribution in [0.15, 0.2) is 18.2 Å². The smallest absolute Gasteiger partial charge is 0.262 e. The molecule has 1 aromatic rings. The fourth-order valence-corrected chi connectivity index (χ4v) is 3.81. The third-order valence-electron chi connectivity index (χ3n) is 5.05. The van der Waals surface area contributed by atoms with Crippen LogP contribution in [0.1, 0.15) is 59.4 Å². The summed E-state index contributed by atoms with van der Waals surface area (Å²) >= 11 is 0. The van der Waals surface area contributed by atoms with Gasteiger partial charge in [0.1, 0.15) is 6.04 Å². The maximum Gasteiger partial charge on any atom is 0.262 e. The van der Waals surface area contributed by atoms with Crippen molar-refractivity contribution >= 4 is 23.6 Å². The van der Waals surface area contributed by atoms with E-state index >= 15 is 0 Å². The SMILES string of the molecule is CC(C)C[C@H](N)CNCc1cccc2c1C(=O)N(C1CCC(=O)NC1=O)C2=O. The molecule has 2 aliphatic heterocycles. The van der Waals surface area contributed by atoms with E-state index in [1.807, 2.05) is 0 Å². The van der Waals surface area contributed by atoms with Gasteiger partial charge >= 0.3 is 0 Å². The molecule has 1 fully saturated rings. The van der Waals surface area contributed by atoms with E-state index in [-0.39, 0.29) is 24.8 Å². The van der Waals surface area contributed by atoms with Crippen LogP contribution in [-0.4, -0.2) is 47.2 Å². The summed E-state index contributed by atoms with van der Waals surface area (Å²) < 4.78 is 0. The summed E-state index contributed by atoms with van der Waals surface area (Å²) in [5.41, 5.74) is 7.39. The number of hydrogen-bond acceptors (Lipinski definition) is 6. The number of nitrogens with one attached hydrogen (secondary N) is 2. The number of piperidine rings is 1. The highest BCUT2D eigenvalue weighted by Crippen LogP contribution is 2.29. The number of amides is 4. The van der Waals surface area contributed by atoms with Crippen LogP contribution in [0.5, 0.6) is 0 Å². The number of fused-ring (bicyclic) bond motifs is 1. The molecule has 8 heteroatoms. The van der Waals surface area contributed by atoms with E-state index in [0.29, 0.717) is 35.7 Å². The van der Waals surface area contributed by atoms with Crippen molar-refractivity contribution in [1.82, 2.24) is 15.5 Å². The van der Waals surface area contributed by atoms with Crippen LogP contribution in [-0.2, 0) is 16.1 Å². The van der Waals surface area contributed by atoms with Crippen molar-refractivity contribution in [3.05, 3.63) is 34.9 Å². The van der Waals surface area contributed by atoms with Gasteiger partial charge in [-0.05, 0) is 30.4 Å². The summed E-state index contributed by atoms with van der Waals surface area (Å²) in [4.78, 5) is 50.3. The molecule has 2 heterocycles. The quantitative estimate of drug-likeness (QED) is 0.589. The van der Waals surface area contributed by atoms with Gasteiger partial charge in [0.2, 0.25) is 11.8 Å². The molecule has 150 valence electrons. The largest absolute Gasteiger partial charge is 0.327 e. The number of carbonyl (C=O) groups is 4. The number of hydrogen-bond donors (Lipinski definition) is 3. The molecule has 4 amide bonds. The normalized spacial score (nSPS) is 20.6. The summed E-state index contributed by atoms with van der Waals surface area (Å²) in [6, 6.07) is 4.16. The highest BCUT2D eigenvalue weighted by atomic mass is 16.2. The number of imide groups is 2. The number of carbonyl (C=O) groups excluding carboxylic acids is 4.